The van der Waals surface area contributed by atoms with Crippen molar-refractivity contribution in [2.45, 2.75) is 43.1 Å². The highest BCUT2D eigenvalue weighted by Gasteiger charge is 2.29. The van der Waals surface area contributed by atoms with Crippen LogP contribution in [0.3, 0.4) is 0 Å². The van der Waals surface area contributed by atoms with E-state index in [-0.39, 0.29) is 11.2 Å². The molecule has 1 aromatic carbocycles. The number of hydrogen-bond acceptors (Lipinski definition) is 4. The van der Waals surface area contributed by atoms with Crippen molar-refractivity contribution in [3.05, 3.63) is 36.7 Å². The molecule has 0 N–H and O–H groups in total. The fourth-order valence-electron chi connectivity index (χ4n) is 2.42. The summed E-state index contributed by atoms with van der Waals surface area (Å²) in [6.45, 7) is 4.59. The van der Waals surface area contributed by atoms with E-state index in [2.05, 4.69) is 14.8 Å². The predicted molar refractivity (Wildman–Crippen MR) is 88.1 cm³/mol. The van der Waals surface area contributed by atoms with Crippen molar-refractivity contribution in [2.75, 3.05) is 11.4 Å². The Morgan fingerprint density at radius 1 is 1.41 bits per heavy atom. The molecule has 0 bridgehead atoms. The normalized spacial score (nSPS) is 15.5. The van der Waals surface area contributed by atoms with Gasteiger partial charge in [-0.25, -0.2) is 0 Å². The Labute approximate surface area is 134 Å². The van der Waals surface area contributed by atoms with Gasteiger partial charge in [-0.05, 0) is 38.8 Å². The molecule has 6 heteroatoms. The van der Waals surface area contributed by atoms with E-state index in [0.717, 1.165) is 10.8 Å². The van der Waals surface area contributed by atoms with Crippen LogP contribution in [0.4, 0.5) is 5.69 Å². The summed E-state index contributed by atoms with van der Waals surface area (Å²) >= 11 is 1.49. The molecule has 1 heterocycles. The van der Waals surface area contributed by atoms with Crippen LogP contribution < -0.4 is 4.90 Å². The third kappa shape index (κ3) is 3.16. The fraction of sp³-hybridized carbons (Fsp3) is 0.438. The molecular formula is C16H20N4OS. The molecule has 2 aromatic rings. The molecule has 0 spiro atoms. The highest BCUT2D eigenvalue weighted by atomic mass is 32.2. The molecule has 1 aliphatic carbocycles. The lowest BCUT2D eigenvalue weighted by atomic mass is 10.2. The SMILES string of the molecule is CCN(C(=O)C(C)Sc1nncn1C1CC1)c1ccccc1. The molecule has 1 fully saturated rings. The lowest BCUT2D eigenvalue weighted by Crippen LogP contribution is -2.36. The second-order valence-electron chi connectivity index (χ2n) is 5.43. The van der Waals surface area contributed by atoms with Gasteiger partial charge in [0.2, 0.25) is 5.91 Å². The molecule has 116 valence electrons. The number of nitrogens with zero attached hydrogens (tertiary/aromatic N) is 4. The van der Waals surface area contributed by atoms with Crippen LogP contribution in [0.2, 0.25) is 0 Å². The number of rotatable bonds is 6. The van der Waals surface area contributed by atoms with Gasteiger partial charge in [-0.2, -0.15) is 0 Å². The number of carbonyl (C=O) groups excluding carboxylic acids is 1. The summed E-state index contributed by atoms with van der Waals surface area (Å²) in [6, 6.07) is 10.3. The summed E-state index contributed by atoms with van der Waals surface area (Å²) < 4.78 is 2.09. The van der Waals surface area contributed by atoms with Crippen LogP contribution in [0.15, 0.2) is 41.8 Å². The highest BCUT2D eigenvalue weighted by Crippen LogP contribution is 2.38. The minimum Gasteiger partial charge on any atom is -0.312 e. The summed E-state index contributed by atoms with van der Waals surface area (Å²) in [5, 5.41) is 8.80. The largest absolute Gasteiger partial charge is 0.312 e. The summed E-state index contributed by atoms with van der Waals surface area (Å²) in [6.07, 6.45) is 4.13. The van der Waals surface area contributed by atoms with Crippen LogP contribution in [0.5, 0.6) is 0 Å². The van der Waals surface area contributed by atoms with Gasteiger partial charge in [0.15, 0.2) is 5.16 Å². The third-order valence-corrected chi connectivity index (χ3v) is 4.82. The average Bonchev–Trinajstić information content (AvgIpc) is 3.29. The first kappa shape index (κ1) is 15.1. The van der Waals surface area contributed by atoms with Crippen molar-refractivity contribution in [3.63, 3.8) is 0 Å². The summed E-state index contributed by atoms with van der Waals surface area (Å²) in [4.78, 5) is 14.6. The maximum atomic E-state index is 12.7. The van der Waals surface area contributed by atoms with Crippen LogP contribution in [0.1, 0.15) is 32.7 Å². The first-order valence-electron chi connectivity index (χ1n) is 7.63. The number of amides is 1. The summed E-state index contributed by atoms with van der Waals surface area (Å²) in [5.41, 5.74) is 0.936. The maximum Gasteiger partial charge on any atom is 0.240 e. The van der Waals surface area contributed by atoms with Gasteiger partial charge in [-0.3, -0.25) is 4.79 Å². The van der Waals surface area contributed by atoms with E-state index in [1.165, 1.54) is 24.6 Å². The number of aromatic nitrogens is 3. The Morgan fingerprint density at radius 2 is 2.14 bits per heavy atom. The minimum absolute atomic E-state index is 0.101. The van der Waals surface area contributed by atoms with Crippen LogP contribution in [0.25, 0.3) is 0 Å². The zero-order chi connectivity index (χ0) is 15.5. The Balaban J connectivity index is 1.71. The van der Waals surface area contributed by atoms with E-state index in [1.807, 2.05) is 49.1 Å². The second-order valence-corrected chi connectivity index (χ2v) is 6.74. The van der Waals surface area contributed by atoms with Crippen molar-refractivity contribution in [2.24, 2.45) is 0 Å². The number of para-hydroxylation sites is 1. The topological polar surface area (TPSA) is 51.0 Å². The molecule has 0 aliphatic heterocycles. The van der Waals surface area contributed by atoms with Crippen molar-refractivity contribution >= 4 is 23.4 Å². The number of anilines is 1. The first-order chi connectivity index (χ1) is 10.7. The Kier molecular flexibility index (Phi) is 4.47. The third-order valence-electron chi connectivity index (χ3n) is 3.76. The summed E-state index contributed by atoms with van der Waals surface area (Å²) in [5.74, 6) is 0.101. The Morgan fingerprint density at radius 3 is 2.77 bits per heavy atom. The van der Waals surface area contributed by atoms with Crippen molar-refractivity contribution in [1.82, 2.24) is 14.8 Å². The lowest BCUT2D eigenvalue weighted by molar-refractivity contribution is -0.117. The molecule has 1 unspecified atom stereocenters. The van der Waals surface area contributed by atoms with Crippen LogP contribution in [0, 0.1) is 0 Å². The molecule has 3 rings (SSSR count). The molecule has 0 saturated heterocycles. The molecule has 1 aromatic heterocycles. The zero-order valence-electron chi connectivity index (χ0n) is 12.8. The van der Waals surface area contributed by atoms with Gasteiger partial charge in [0.05, 0.1) is 5.25 Å². The summed E-state index contributed by atoms with van der Waals surface area (Å²) in [7, 11) is 0. The van der Waals surface area contributed by atoms with E-state index < -0.39 is 0 Å². The quantitative estimate of drug-likeness (QED) is 0.768. The van der Waals surface area contributed by atoms with Crippen LogP contribution in [-0.4, -0.2) is 32.5 Å². The second kappa shape index (κ2) is 6.52. The number of thioether (sulfide) groups is 1. The molecule has 1 atom stereocenters. The highest BCUT2D eigenvalue weighted by molar-refractivity contribution is 8.00. The van der Waals surface area contributed by atoms with Gasteiger partial charge in [-0.15, -0.1) is 10.2 Å². The van der Waals surface area contributed by atoms with E-state index in [1.54, 1.807) is 6.33 Å². The lowest BCUT2D eigenvalue weighted by Gasteiger charge is -2.24. The predicted octanol–water partition coefficient (Wildman–Crippen LogP) is 3.15. The van der Waals surface area contributed by atoms with Gasteiger partial charge in [0, 0.05) is 18.3 Å². The van der Waals surface area contributed by atoms with Crippen molar-refractivity contribution in [1.29, 1.82) is 0 Å². The molecule has 5 nitrogen and oxygen atoms in total. The van der Waals surface area contributed by atoms with Crippen LogP contribution in [-0.2, 0) is 4.79 Å². The molecule has 1 saturated carbocycles. The van der Waals surface area contributed by atoms with Gasteiger partial charge < -0.3 is 9.47 Å². The van der Waals surface area contributed by atoms with Gasteiger partial charge in [0.1, 0.15) is 6.33 Å². The minimum atomic E-state index is -0.193. The molecule has 1 amide bonds. The van der Waals surface area contributed by atoms with Crippen molar-refractivity contribution in [3.8, 4) is 0 Å². The van der Waals surface area contributed by atoms with E-state index >= 15 is 0 Å². The molecule has 0 radical (unpaired) electrons. The van der Waals surface area contributed by atoms with Crippen molar-refractivity contribution < 1.29 is 4.79 Å². The number of benzene rings is 1. The fourth-order valence-corrected chi connectivity index (χ4v) is 3.38. The maximum absolute atomic E-state index is 12.7. The zero-order valence-corrected chi connectivity index (χ0v) is 13.7. The first-order valence-corrected chi connectivity index (χ1v) is 8.51. The monoisotopic (exact) mass is 316 g/mol. The molecule has 22 heavy (non-hydrogen) atoms. The van der Waals surface area contributed by atoms with Crippen LogP contribution >= 0.6 is 11.8 Å². The van der Waals surface area contributed by atoms with E-state index in [4.69, 9.17) is 0 Å². The number of hydrogen-bond donors (Lipinski definition) is 0. The van der Waals surface area contributed by atoms with Gasteiger partial charge in [-0.1, -0.05) is 30.0 Å². The smallest absolute Gasteiger partial charge is 0.240 e. The number of carbonyl (C=O) groups is 1. The van der Waals surface area contributed by atoms with E-state index in [9.17, 15) is 4.79 Å². The Bertz CT molecular complexity index is 639. The average molecular weight is 316 g/mol. The molecular weight excluding hydrogens is 296 g/mol. The van der Waals surface area contributed by atoms with Gasteiger partial charge >= 0.3 is 0 Å². The van der Waals surface area contributed by atoms with E-state index in [0.29, 0.717) is 12.6 Å². The standard InChI is InChI=1S/C16H20N4OS/c1-3-19(13-7-5-4-6-8-13)15(21)12(2)22-16-18-17-11-20(16)14-9-10-14/h4-8,11-12,14H,3,9-10H2,1-2H3. The Hall–Kier alpha value is -1.82. The molecule has 1 aliphatic rings. The van der Waals surface area contributed by atoms with Gasteiger partial charge in [0.25, 0.3) is 0 Å².